The van der Waals surface area contributed by atoms with E-state index in [9.17, 15) is 0 Å². The minimum atomic E-state index is 0.194. The highest BCUT2D eigenvalue weighted by atomic mass is 15.0. The lowest BCUT2D eigenvalue weighted by molar-refractivity contribution is 0.455. The number of nitrogens with one attached hydrogen (secondary N) is 2. The summed E-state index contributed by atoms with van der Waals surface area (Å²) >= 11 is 0. The molecule has 1 rings (SSSR count). The smallest absolute Gasteiger partial charge is 0.108 e. The fraction of sp³-hybridized carbons (Fsp3) is 0.750. The first kappa shape index (κ1) is 4.59. The molecular weight excluding hydrogens is 90.1 g/mol. The highest BCUT2D eigenvalue weighted by molar-refractivity contribution is 5.83. The molecule has 3 heteroatoms. The minimum Gasteiger partial charge on any atom is -0.386 e. The van der Waals surface area contributed by atoms with Gasteiger partial charge < -0.3 is 11.1 Å². The van der Waals surface area contributed by atoms with Crippen LogP contribution in [0.25, 0.3) is 0 Å². The van der Waals surface area contributed by atoms with E-state index in [0.717, 1.165) is 13.0 Å². The Morgan fingerprint density at radius 2 is 2.43 bits per heavy atom. The molecule has 0 spiro atoms. The molecule has 0 aromatic heterocycles. The quantitative estimate of drug-likeness (QED) is 0.300. The third-order valence-corrected chi connectivity index (χ3v) is 1.20. The Morgan fingerprint density at radius 3 is 2.43 bits per heavy atom. The van der Waals surface area contributed by atoms with Gasteiger partial charge in [-0.2, -0.15) is 0 Å². The standard InChI is InChI=1S/C4H9N3/c5-4(6)3-1-2-7-3/h3,7H,1-2H2,(H3,5,6)/t3-/m0/s1. The SMILES string of the molecule is N=C(N)[C@@H]1CCN1. The van der Waals surface area contributed by atoms with Crippen molar-refractivity contribution in [2.24, 2.45) is 5.73 Å². The first-order valence-corrected chi connectivity index (χ1v) is 2.38. The summed E-state index contributed by atoms with van der Waals surface area (Å²) in [6.45, 7) is 1.02. The van der Waals surface area contributed by atoms with E-state index in [0.29, 0.717) is 0 Å². The van der Waals surface area contributed by atoms with Gasteiger partial charge in [-0.15, -0.1) is 0 Å². The normalized spacial score (nSPS) is 28.9. The molecule has 0 amide bonds. The summed E-state index contributed by atoms with van der Waals surface area (Å²) in [6, 6.07) is 0.194. The summed E-state index contributed by atoms with van der Waals surface area (Å²) in [6.07, 6.45) is 1.04. The molecule has 0 aromatic carbocycles. The van der Waals surface area contributed by atoms with E-state index in [1.165, 1.54) is 0 Å². The topological polar surface area (TPSA) is 61.9 Å². The second kappa shape index (κ2) is 1.50. The predicted molar refractivity (Wildman–Crippen MR) is 28.3 cm³/mol. The lowest BCUT2D eigenvalue weighted by Crippen LogP contribution is -2.51. The molecule has 40 valence electrons. The average molecular weight is 99.1 g/mol. The summed E-state index contributed by atoms with van der Waals surface area (Å²) in [5, 5.41) is 9.86. The van der Waals surface area contributed by atoms with Gasteiger partial charge in [-0.1, -0.05) is 0 Å². The van der Waals surface area contributed by atoms with Gasteiger partial charge in [0.15, 0.2) is 0 Å². The van der Waals surface area contributed by atoms with Gasteiger partial charge in [0.05, 0.1) is 6.04 Å². The molecule has 0 bridgehead atoms. The molecule has 1 atom stereocenters. The zero-order valence-corrected chi connectivity index (χ0v) is 4.07. The van der Waals surface area contributed by atoms with Gasteiger partial charge in [0.25, 0.3) is 0 Å². The summed E-state index contributed by atoms with van der Waals surface area (Å²) in [7, 11) is 0. The van der Waals surface area contributed by atoms with Crippen LogP contribution in [0.4, 0.5) is 0 Å². The highest BCUT2D eigenvalue weighted by Crippen LogP contribution is 1.98. The summed E-state index contributed by atoms with van der Waals surface area (Å²) in [5.74, 6) is 0.270. The van der Waals surface area contributed by atoms with Gasteiger partial charge in [-0.05, 0) is 13.0 Å². The van der Waals surface area contributed by atoms with E-state index in [4.69, 9.17) is 11.1 Å². The second-order valence-corrected chi connectivity index (χ2v) is 1.75. The van der Waals surface area contributed by atoms with E-state index in [1.54, 1.807) is 0 Å². The number of hydrogen-bond donors (Lipinski definition) is 3. The van der Waals surface area contributed by atoms with Crippen LogP contribution in [0.1, 0.15) is 6.42 Å². The van der Waals surface area contributed by atoms with Crippen molar-refractivity contribution >= 4 is 5.84 Å². The maximum absolute atomic E-state index is 6.87. The van der Waals surface area contributed by atoms with Crippen LogP contribution in [0, 0.1) is 5.41 Å². The molecule has 1 aliphatic rings. The first-order chi connectivity index (χ1) is 3.30. The van der Waals surface area contributed by atoms with Crippen LogP contribution in [0.2, 0.25) is 0 Å². The van der Waals surface area contributed by atoms with E-state index >= 15 is 0 Å². The molecular formula is C4H9N3. The van der Waals surface area contributed by atoms with Crippen molar-refractivity contribution in [1.29, 1.82) is 5.41 Å². The van der Waals surface area contributed by atoms with Crippen molar-refractivity contribution in [3.63, 3.8) is 0 Å². The largest absolute Gasteiger partial charge is 0.386 e. The maximum Gasteiger partial charge on any atom is 0.108 e. The van der Waals surface area contributed by atoms with Crippen molar-refractivity contribution in [3.05, 3.63) is 0 Å². The average Bonchev–Trinajstić information content (AvgIpc) is 1.23. The van der Waals surface area contributed by atoms with Crippen LogP contribution in [0.3, 0.4) is 0 Å². The van der Waals surface area contributed by atoms with E-state index in [2.05, 4.69) is 5.32 Å². The van der Waals surface area contributed by atoms with Gasteiger partial charge in [-0.3, -0.25) is 5.41 Å². The van der Waals surface area contributed by atoms with Crippen LogP contribution in [-0.2, 0) is 0 Å². The zero-order chi connectivity index (χ0) is 5.28. The fourth-order valence-electron chi connectivity index (χ4n) is 0.554. The number of nitrogens with two attached hydrogens (primary N) is 1. The predicted octanol–water partition coefficient (Wildman–Crippen LogP) is -0.716. The van der Waals surface area contributed by atoms with Crippen LogP contribution in [0.15, 0.2) is 0 Å². The Balaban J connectivity index is 2.27. The summed E-state index contributed by atoms with van der Waals surface area (Å²) < 4.78 is 0. The van der Waals surface area contributed by atoms with E-state index in [1.807, 2.05) is 0 Å². The molecule has 0 aromatic rings. The third-order valence-electron chi connectivity index (χ3n) is 1.20. The molecule has 7 heavy (non-hydrogen) atoms. The Hall–Kier alpha value is -0.570. The van der Waals surface area contributed by atoms with Crippen LogP contribution >= 0.6 is 0 Å². The van der Waals surface area contributed by atoms with E-state index < -0.39 is 0 Å². The third kappa shape index (κ3) is 0.718. The van der Waals surface area contributed by atoms with Gasteiger partial charge >= 0.3 is 0 Å². The number of hydrogen-bond acceptors (Lipinski definition) is 2. The van der Waals surface area contributed by atoms with Crippen molar-refractivity contribution < 1.29 is 0 Å². The molecule has 0 aliphatic carbocycles. The summed E-state index contributed by atoms with van der Waals surface area (Å²) in [4.78, 5) is 0. The second-order valence-electron chi connectivity index (χ2n) is 1.75. The molecule has 4 N–H and O–H groups in total. The molecule has 0 radical (unpaired) electrons. The Morgan fingerprint density at radius 1 is 1.86 bits per heavy atom. The maximum atomic E-state index is 6.87. The Bertz CT molecular complexity index is 84.9. The first-order valence-electron chi connectivity index (χ1n) is 2.38. The molecule has 0 unspecified atom stereocenters. The molecule has 1 saturated heterocycles. The van der Waals surface area contributed by atoms with Crippen molar-refractivity contribution in [3.8, 4) is 0 Å². The Kier molecular flexibility index (Phi) is 0.982. The Labute approximate surface area is 42.4 Å². The van der Waals surface area contributed by atoms with Gasteiger partial charge in [-0.25, -0.2) is 0 Å². The lowest BCUT2D eigenvalue weighted by atomic mass is 10.1. The summed E-state index contributed by atoms with van der Waals surface area (Å²) in [5.41, 5.74) is 5.12. The van der Waals surface area contributed by atoms with Crippen LogP contribution < -0.4 is 11.1 Å². The molecule has 3 nitrogen and oxygen atoms in total. The number of amidine groups is 1. The highest BCUT2D eigenvalue weighted by Gasteiger charge is 2.17. The van der Waals surface area contributed by atoms with Gasteiger partial charge in [0.2, 0.25) is 0 Å². The molecule has 1 heterocycles. The fourth-order valence-corrected chi connectivity index (χ4v) is 0.554. The zero-order valence-electron chi connectivity index (χ0n) is 4.07. The van der Waals surface area contributed by atoms with Crippen molar-refractivity contribution in [2.75, 3.05) is 6.54 Å². The monoisotopic (exact) mass is 99.1 g/mol. The van der Waals surface area contributed by atoms with Crippen molar-refractivity contribution in [1.82, 2.24) is 5.32 Å². The minimum absolute atomic E-state index is 0.194. The van der Waals surface area contributed by atoms with Gasteiger partial charge in [0.1, 0.15) is 5.84 Å². The number of rotatable bonds is 1. The van der Waals surface area contributed by atoms with Gasteiger partial charge in [0, 0.05) is 0 Å². The van der Waals surface area contributed by atoms with E-state index in [-0.39, 0.29) is 11.9 Å². The molecule has 0 saturated carbocycles. The van der Waals surface area contributed by atoms with Crippen molar-refractivity contribution in [2.45, 2.75) is 12.5 Å². The van der Waals surface area contributed by atoms with Crippen LogP contribution in [-0.4, -0.2) is 18.4 Å². The lowest BCUT2D eigenvalue weighted by Gasteiger charge is -2.25. The molecule has 1 aliphatic heterocycles. The van der Waals surface area contributed by atoms with Crippen LogP contribution in [0.5, 0.6) is 0 Å². The molecule has 1 fully saturated rings.